The number of ketones is 1. The van der Waals surface area contributed by atoms with Crippen LogP contribution in [0.4, 0.5) is 23.2 Å². The van der Waals surface area contributed by atoms with E-state index in [1.807, 2.05) is 0 Å². The maximum absolute atomic E-state index is 14.9. The van der Waals surface area contributed by atoms with E-state index in [1.165, 1.54) is 61.7 Å². The molecule has 0 aliphatic rings. The Bertz CT molecular complexity index is 1720. The topological polar surface area (TPSA) is 127 Å². The molecule has 1 atom stereocenters. The lowest BCUT2D eigenvalue weighted by molar-refractivity contribution is -0.141. The SMILES string of the molecule is Cc1nc(C(F)(F)F)cn1-c1ccc(-c2cc(F)c(CO)c(S(C)=O)c2)cc1N(N)/C(=C\N)C(=O)c1ccc(Cl)cc1. The Morgan fingerprint density at radius 2 is 1.81 bits per heavy atom. The summed E-state index contributed by atoms with van der Waals surface area (Å²) in [4.78, 5) is 17.0. The summed E-state index contributed by atoms with van der Waals surface area (Å²) < 4.78 is 68.8. The standard InChI is InChI=1S/C28H24ClF4N5O3S/c1-15-36-26(28(31,32)33)13-37(15)22-8-5-17(18-9-21(30)20(14-39)25(11-18)42(2)41)10-23(22)38(35)24(12-34)27(40)16-3-6-19(29)7-4-16/h3-13,39H,14,34-35H2,1-2H3/b24-12-. The maximum Gasteiger partial charge on any atom is 0.434 e. The minimum absolute atomic E-state index is 0.00607. The first-order chi connectivity index (χ1) is 19.8. The number of aliphatic hydroxyl groups is 1. The van der Waals surface area contributed by atoms with Crippen LogP contribution in [0.15, 0.2) is 77.6 Å². The number of halogens is 5. The van der Waals surface area contributed by atoms with Crippen molar-refractivity contribution in [2.75, 3.05) is 11.3 Å². The number of alkyl halides is 3. The molecule has 0 spiro atoms. The third-order valence-electron chi connectivity index (χ3n) is 6.38. The van der Waals surface area contributed by atoms with Gasteiger partial charge in [0.1, 0.15) is 17.3 Å². The molecule has 3 aromatic carbocycles. The van der Waals surface area contributed by atoms with E-state index in [0.29, 0.717) is 10.6 Å². The summed E-state index contributed by atoms with van der Waals surface area (Å²) in [5.74, 6) is 4.97. The molecule has 1 aromatic heterocycles. The van der Waals surface area contributed by atoms with E-state index in [-0.39, 0.29) is 44.5 Å². The molecule has 220 valence electrons. The van der Waals surface area contributed by atoms with Gasteiger partial charge in [0, 0.05) is 39.7 Å². The number of aliphatic hydroxyl groups excluding tert-OH is 1. The number of Topliss-reactive ketones (excluding diaryl/α,β-unsaturated/α-hetero) is 1. The number of aromatic nitrogens is 2. The molecule has 1 heterocycles. The number of hydrogen-bond acceptors (Lipinski definition) is 7. The van der Waals surface area contributed by atoms with E-state index in [1.54, 1.807) is 0 Å². The van der Waals surface area contributed by atoms with E-state index >= 15 is 0 Å². The minimum Gasteiger partial charge on any atom is -0.403 e. The van der Waals surface area contributed by atoms with Crippen molar-refractivity contribution in [1.82, 2.24) is 9.55 Å². The van der Waals surface area contributed by atoms with Gasteiger partial charge in [0.15, 0.2) is 5.69 Å². The van der Waals surface area contributed by atoms with Crippen molar-refractivity contribution in [3.8, 4) is 16.8 Å². The highest BCUT2D eigenvalue weighted by Gasteiger charge is 2.35. The Hall–Kier alpha value is -4.04. The zero-order valence-electron chi connectivity index (χ0n) is 22.1. The molecule has 1 unspecified atom stereocenters. The van der Waals surface area contributed by atoms with Crippen LogP contribution in [0.5, 0.6) is 0 Å². The van der Waals surface area contributed by atoms with Gasteiger partial charge in [-0.05, 0) is 66.6 Å². The van der Waals surface area contributed by atoms with Crippen LogP contribution in [0.3, 0.4) is 0 Å². The van der Waals surface area contributed by atoms with Gasteiger partial charge in [-0.25, -0.2) is 15.2 Å². The quantitative estimate of drug-likeness (QED) is 0.0806. The first-order valence-electron chi connectivity index (χ1n) is 12.1. The van der Waals surface area contributed by atoms with Crippen molar-refractivity contribution < 1.29 is 31.7 Å². The highest BCUT2D eigenvalue weighted by Crippen LogP contribution is 2.36. The molecule has 0 radical (unpaired) electrons. The van der Waals surface area contributed by atoms with Gasteiger partial charge in [-0.3, -0.25) is 14.0 Å². The molecule has 0 amide bonds. The second-order valence-corrected chi connectivity index (χ2v) is 10.8. The van der Waals surface area contributed by atoms with Gasteiger partial charge in [0.2, 0.25) is 5.78 Å². The molecule has 5 N–H and O–H groups in total. The van der Waals surface area contributed by atoms with Crippen molar-refractivity contribution in [2.45, 2.75) is 24.6 Å². The number of carbonyl (C=O) groups is 1. The van der Waals surface area contributed by atoms with Crippen LogP contribution in [-0.4, -0.2) is 30.9 Å². The van der Waals surface area contributed by atoms with Gasteiger partial charge < -0.3 is 15.4 Å². The molecule has 8 nitrogen and oxygen atoms in total. The monoisotopic (exact) mass is 621 g/mol. The number of carbonyl (C=O) groups excluding carboxylic acids is 1. The average molecular weight is 622 g/mol. The molecule has 0 aliphatic heterocycles. The number of hydrazine groups is 1. The maximum atomic E-state index is 14.9. The van der Waals surface area contributed by atoms with Gasteiger partial charge in [0.25, 0.3) is 0 Å². The predicted octanol–water partition coefficient (Wildman–Crippen LogP) is 5.25. The van der Waals surface area contributed by atoms with E-state index in [2.05, 4.69) is 4.98 Å². The van der Waals surface area contributed by atoms with Crippen molar-refractivity contribution in [3.63, 3.8) is 0 Å². The average Bonchev–Trinajstić information content (AvgIpc) is 3.34. The van der Waals surface area contributed by atoms with Gasteiger partial charge in [-0.1, -0.05) is 17.7 Å². The molecule has 42 heavy (non-hydrogen) atoms. The zero-order chi connectivity index (χ0) is 30.9. The summed E-state index contributed by atoms with van der Waals surface area (Å²) in [6.45, 7) is 0.679. The molecule has 4 aromatic rings. The lowest BCUT2D eigenvalue weighted by Gasteiger charge is -2.25. The van der Waals surface area contributed by atoms with Crippen LogP contribution in [0.1, 0.15) is 27.4 Å². The lowest BCUT2D eigenvalue weighted by Crippen LogP contribution is -2.35. The van der Waals surface area contributed by atoms with Gasteiger partial charge in [-0.2, -0.15) is 13.2 Å². The number of nitrogens with zero attached hydrogens (tertiary/aromatic N) is 3. The van der Waals surface area contributed by atoms with Crippen LogP contribution in [0.25, 0.3) is 16.8 Å². The highest BCUT2D eigenvalue weighted by molar-refractivity contribution is 7.84. The van der Waals surface area contributed by atoms with Gasteiger partial charge in [0.05, 0.1) is 28.8 Å². The van der Waals surface area contributed by atoms with Crippen LogP contribution >= 0.6 is 11.6 Å². The normalized spacial score (nSPS) is 12.8. The molecule has 0 bridgehead atoms. The second kappa shape index (κ2) is 12.1. The van der Waals surface area contributed by atoms with Gasteiger partial charge >= 0.3 is 6.18 Å². The zero-order valence-corrected chi connectivity index (χ0v) is 23.7. The second-order valence-electron chi connectivity index (χ2n) is 9.05. The van der Waals surface area contributed by atoms with Crippen LogP contribution < -0.4 is 16.6 Å². The van der Waals surface area contributed by atoms with Crippen molar-refractivity contribution in [3.05, 3.63) is 106 Å². The summed E-state index contributed by atoms with van der Waals surface area (Å²) in [6, 6.07) is 12.7. The number of benzene rings is 3. The third-order valence-corrected chi connectivity index (χ3v) is 7.61. The molecule has 0 saturated heterocycles. The molecular formula is C28H24ClF4N5O3S. The number of nitrogens with two attached hydrogens (primary N) is 2. The van der Waals surface area contributed by atoms with E-state index in [0.717, 1.165) is 28.0 Å². The minimum atomic E-state index is -4.73. The fourth-order valence-electron chi connectivity index (χ4n) is 4.29. The molecule has 0 saturated carbocycles. The largest absolute Gasteiger partial charge is 0.434 e. The summed E-state index contributed by atoms with van der Waals surface area (Å²) in [6.07, 6.45) is -1.68. The predicted molar refractivity (Wildman–Crippen MR) is 152 cm³/mol. The van der Waals surface area contributed by atoms with E-state index in [4.69, 9.17) is 23.2 Å². The highest BCUT2D eigenvalue weighted by atomic mass is 35.5. The number of rotatable bonds is 8. The fourth-order valence-corrected chi connectivity index (χ4v) is 5.21. The van der Waals surface area contributed by atoms with Crippen LogP contribution in [0.2, 0.25) is 5.02 Å². The summed E-state index contributed by atoms with van der Waals surface area (Å²) in [5.41, 5.74) is 5.11. The van der Waals surface area contributed by atoms with Crippen molar-refractivity contribution >= 4 is 33.9 Å². The number of aryl methyl sites for hydroxylation is 1. The van der Waals surface area contributed by atoms with Gasteiger partial charge in [-0.15, -0.1) is 0 Å². The first-order valence-corrected chi connectivity index (χ1v) is 14.0. The Labute approximate surface area is 245 Å². The molecule has 0 fully saturated rings. The summed E-state index contributed by atoms with van der Waals surface area (Å²) >= 11 is 5.93. The summed E-state index contributed by atoms with van der Waals surface area (Å²) in [7, 11) is -1.66. The van der Waals surface area contributed by atoms with E-state index < -0.39 is 40.9 Å². The van der Waals surface area contributed by atoms with Crippen molar-refractivity contribution in [1.29, 1.82) is 0 Å². The van der Waals surface area contributed by atoms with E-state index in [9.17, 15) is 31.7 Å². The fraction of sp³-hybridized carbons (Fsp3) is 0.143. The summed E-state index contributed by atoms with van der Waals surface area (Å²) in [5, 5.41) is 10.9. The Kier molecular flexibility index (Phi) is 8.87. The lowest BCUT2D eigenvalue weighted by atomic mass is 10.0. The van der Waals surface area contributed by atoms with Crippen LogP contribution in [-0.2, 0) is 23.6 Å². The molecule has 4 rings (SSSR count). The number of anilines is 1. The number of hydrogen-bond donors (Lipinski definition) is 3. The Balaban J connectivity index is 1.93. The van der Waals surface area contributed by atoms with Crippen molar-refractivity contribution in [2.24, 2.45) is 11.6 Å². The molecule has 0 aliphatic carbocycles. The third kappa shape index (κ3) is 6.09. The first kappa shape index (κ1) is 30.9. The van der Waals surface area contributed by atoms with Crippen LogP contribution in [0, 0.1) is 12.7 Å². The molecule has 14 heteroatoms. The number of imidazole rings is 1. The molecular weight excluding hydrogens is 598 g/mol. The smallest absolute Gasteiger partial charge is 0.403 e. The number of allylic oxidation sites excluding steroid dienone is 1. The Morgan fingerprint density at radius 3 is 2.36 bits per heavy atom. The Morgan fingerprint density at radius 1 is 1.14 bits per heavy atom.